The summed E-state index contributed by atoms with van der Waals surface area (Å²) in [6, 6.07) is 19.8. The minimum Gasteiger partial charge on any atom is -0.378 e. The second kappa shape index (κ2) is 8.41. The van der Waals surface area contributed by atoms with Crippen molar-refractivity contribution >= 4 is 62.6 Å². The van der Waals surface area contributed by atoms with Crippen molar-refractivity contribution in [3.8, 4) is 0 Å². The van der Waals surface area contributed by atoms with Gasteiger partial charge in [-0.2, -0.15) is 0 Å². The molecule has 0 spiro atoms. The van der Waals surface area contributed by atoms with Crippen LogP contribution in [0.25, 0.3) is 10.8 Å². The van der Waals surface area contributed by atoms with E-state index in [4.69, 9.17) is 11.6 Å². The van der Waals surface area contributed by atoms with Crippen LogP contribution in [0.15, 0.2) is 72.8 Å². The van der Waals surface area contributed by atoms with Gasteiger partial charge in [0, 0.05) is 52.9 Å². The smallest absolute Gasteiger partial charge is 0.294 e. The second-order valence-corrected chi connectivity index (χ2v) is 8.73. The number of carbonyl (C=O) groups excluding carboxylic acids is 2. The highest BCUT2D eigenvalue weighted by molar-refractivity contribution is 6.37. The molecule has 1 N–H and O–H groups in total. The number of nitrogens with one attached hydrogen (secondary N) is 1. The summed E-state index contributed by atoms with van der Waals surface area (Å²) >= 11 is 5.96. The van der Waals surface area contributed by atoms with Crippen LogP contribution in [0.2, 0.25) is 5.02 Å². The fourth-order valence-electron chi connectivity index (χ4n) is 4.24. The molecule has 5 rings (SSSR count). The number of hydrogen-bond acceptors (Lipinski definition) is 6. The molecular weight excluding hydrogens is 468 g/mol. The minimum absolute atomic E-state index is 0.0974. The first-order chi connectivity index (χ1) is 16.8. The number of nitrogens with zero attached hydrogens (tertiary/aromatic N) is 3. The van der Waals surface area contributed by atoms with E-state index in [0.717, 1.165) is 10.6 Å². The Hall–Kier alpha value is -4.43. The molecule has 174 valence electrons. The van der Waals surface area contributed by atoms with Crippen molar-refractivity contribution in [1.29, 1.82) is 0 Å². The van der Waals surface area contributed by atoms with Crippen LogP contribution >= 0.6 is 11.6 Å². The molecule has 9 heteroatoms. The molecule has 0 saturated carbocycles. The molecule has 0 aromatic heterocycles. The fraction of sp³-hybridized carbons (Fsp3) is 0.0769. The number of carbonyl (C=O) groups is 2. The number of anilines is 4. The highest BCUT2D eigenvalue weighted by Crippen LogP contribution is 2.42. The molecule has 4 aromatic carbocycles. The number of hydrogen-bond donors (Lipinski definition) is 1. The molecule has 0 radical (unpaired) electrons. The molecule has 0 fully saturated rings. The largest absolute Gasteiger partial charge is 0.378 e. The number of amides is 2. The second-order valence-electron chi connectivity index (χ2n) is 8.29. The number of rotatable bonds is 5. The van der Waals surface area contributed by atoms with Crippen molar-refractivity contribution in [2.75, 3.05) is 29.2 Å². The van der Waals surface area contributed by atoms with Gasteiger partial charge in [-0.25, -0.2) is 4.90 Å². The van der Waals surface area contributed by atoms with E-state index in [1.54, 1.807) is 66.7 Å². The van der Waals surface area contributed by atoms with Crippen LogP contribution in [0.3, 0.4) is 0 Å². The van der Waals surface area contributed by atoms with E-state index in [9.17, 15) is 19.7 Å². The Morgan fingerprint density at radius 1 is 0.914 bits per heavy atom. The van der Waals surface area contributed by atoms with Gasteiger partial charge in [-0.3, -0.25) is 19.7 Å². The van der Waals surface area contributed by atoms with Crippen molar-refractivity contribution < 1.29 is 14.5 Å². The SMILES string of the molecule is CN(C)c1ccc(N2C(=O)c3cccc4c(Nc5ccc(Cl)cc5)c([N+](=O)[O-])cc(c34)C2=O)cc1. The molecule has 0 atom stereocenters. The Morgan fingerprint density at radius 3 is 2.20 bits per heavy atom. The summed E-state index contributed by atoms with van der Waals surface area (Å²) in [5.74, 6) is -1.10. The Bertz CT molecular complexity index is 1520. The molecule has 1 aliphatic rings. The Kier molecular flexibility index (Phi) is 5.37. The van der Waals surface area contributed by atoms with Crippen LogP contribution in [-0.4, -0.2) is 30.8 Å². The molecule has 1 heterocycles. The van der Waals surface area contributed by atoms with Gasteiger partial charge in [0.05, 0.1) is 16.2 Å². The number of nitro benzene ring substituents is 1. The maximum absolute atomic E-state index is 13.6. The van der Waals surface area contributed by atoms with Crippen LogP contribution in [0.5, 0.6) is 0 Å². The Balaban J connectivity index is 1.69. The summed E-state index contributed by atoms with van der Waals surface area (Å²) < 4.78 is 0. The van der Waals surface area contributed by atoms with Crippen molar-refractivity contribution in [3.05, 3.63) is 99.1 Å². The van der Waals surface area contributed by atoms with Crippen LogP contribution in [-0.2, 0) is 0 Å². The molecule has 8 nitrogen and oxygen atoms in total. The van der Waals surface area contributed by atoms with Gasteiger partial charge in [-0.1, -0.05) is 23.7 Å². The third-order valence-electron chi connectivity index (χ3n) is 5.94. The zero-order valence-corrected chi connectivity index (χ0v) is 19.5. The first kappa shape index (κ1) is 22.4. The van der Waals surface area contributed by atoms with Gasteiger partial charge in [0.1, 0.15) is 5.69 Å². The summed E-state index contributed by atoms with van der Waals surface area (Å²) in [7, 11) is 3.77. The van der Waals surface area contributed by atoms with Crippen molar-refractivity contribution in [1.82, 2.24) is 0 Å². The van der Waals surface area contributed by atoms with Crippen molar-refractivity contribution in [2.24, 2.45) is 0 Å². The molecule has 0 bridgehead atoms. The van der Waals surface area contributed by atoms with E-state index in [-0.39, 0.29) is 16.9 Å². The van der Waals surface area contributed by atoms with Gasteiger partial charge in [0.15, 0.2) is 0 Å². The molecule has 2 amide bonds. The molecular formula is C26H19ClN4O4. The summed E-state index contributed by atoms with van der Waals surface area (Å²) in [5.41, 5.74) is 2.19. The summed E-state index contributed by atoms with van der Waals surface area (Å²) in [5, 5.41) is 16.4. The predicted molar refractivity (Wildman–Crippen MR) is 137 cm³/mol. The van der Waals surface area contributed by atoms with Gasteiger partial charge >= 0.3 is 0 Å². The monoisotopic (exact) mass is 486 g/mol. The van der Waals surface area contributed by atoms with E-state index in [2.05, 4.69) is 5.32 Å². The van der Waals surface area contributed by atoms with Crippen LogP contribution in [0.4, 0.5) is 28.4 Å². The first-order valence-corrected chi connectivity index (χ1v) is 11.1. The van der Waals surface area contributed by atoms with Gasteiger partial charge in [-0.15, -0.1) is 0 Å². The zero-order valence-electron chi connectivity index (χ0n) is 18.8. The van der Waals surface area contributed by atoms with Crippen LogP contribution in [0.1, 0.15) is 20.7 Å². The first-order valence-electron chi connectivity index (χ1n) is 10.7. The lowest BCUT2D eigenvalue weighted by Crippen LogP contribution is -2.40. The predicted octanol–water partition coefficient (Wildman–Crippen LogP) is 6.01. The highest BCUT2D eigenvalue weighted by Gasteiger charge is 2.37. The summed E-state index contributed by atoms with van der Waals surface area (Å²) in [6.45, 7) is 0. The lowest BCUT2D eigenvalue weighted by Gasteiger charge is -2.28. The lowest BCUT2D eigenvalue weighted by atomic mass is 9.91. The van der Waals surface area contributed by atoms with Crippen LogP contribution in [0, 0.1) is 10.1 Å². The summed E-state index contributed by atoms with van der Waals surface area (Å²) in [4.78, 5) is 41.5. The Labute approximate surface area is 205 Å². The molecule has 35 heavy (non-hydrogen) atoms. The van der Waals surface area contributed by atoms with Gasteiger partial charge in [0.2, 0.25) is 0 Å². The van der Waals surface area contributed by atoms with E-state index < -0.39 is 16.7 Å². The molecule has 0 saturated heterocycles. The van der Waals surface area contributed by atoms with E-state index in [0.29, 0.717) is 32.7 Å². The van der Waals surface area contributed by atoms with Crippen LogP contribution < -0.4 is 15.1 Å². The van der Waals surface area contributed by atoms with Gasteiger partial charge in [0.25, 0.3) is 17.5 Å². The zero-order chi connectivity index (χ0) is 24.9. The molecule has 0 unspecified atom stereocenters. The molecule has 4 aromatic rings. The third kappa shape index (κ3) is 3.74. The standard InChI is InChI=1S/C26H19ClN4O4/c1-29(2)17-10-12-18(13-11-17)30-25(32)20-5-3-4-19-23(20)21(26(30)33)14-22(31(34)35)24(19)28-16-8-6-15(27)7-9-16/h3-14,28H,1-2H3. The minimum atomic E-state index is -0.613. The number of imide groups is 1. The quantitative estimate of drug-likeness (QED) is 0.211. The number of benzene rings is 4. The average molecular weight is 487 g/mol. The van der Waals surface area contributed by atoms with E-state index in [1.807, 2.05) is 19.0 Å². The topological polar surface area (TPSA) is 95.8 Å². The van der Waals surface area contributed by atoms with Gasteiger partial charge in [-0.05, 0) is 54.6 Å². The normalized spacial score (nSPS) is 12.7. The molecule has 1 aliphatic heterocycles. The lowest BCUT2D eigenvalue weighted by molar-refractivity contribution is -0.383. The fourth-order valence-corrected chi connectivity index (χ4v) is 4.36. The van der Waals surface area contributed by atoms with E-state index in [1.165, 1.54) is 6.07 Å². The third-order valence-corrected chi connectivity index (χ3v) is 6.19. The van der Waals surface area contributed by atoms with E-state index >= 15 is 0 Å². The Morgan fingerprint density at radius 2 is 1.57 bits per heavy atom. The number of nitro groups is 1. The maximum atomic E-state index is 13.6. The van der Waals surface area contributed by atoms with Crippen molar-refractivity contribution in [3.63, 3.8) is 0 Å². The summed E-state index contributed by atoms with van der Waals surface area (Å²) in [6.07, 6.45) is 0. The van der Waals surface area contributed by atoms with Gasteiger partial charge < -0.3 is 10.2 Å². The molecule has 0 aliphatic carbocycles. The number of halogens is 1. The average Bonchev–Trinajstić information content (AvgIpc) is 2.84. The maximum Gasteiger partial charge on any atom is 0.294 e. The van der Waals surface area contributed by atoms with Crippen molar-refractivity contribution in [2.45, 2.75) is 0 Å². The highest BCUT2D eigenvalue weighted by atomic mass is 35.5.